The van der Waals surface area contributed by atoms with E-state index in [1.54, 1.807) is 0 Å². The lowest BCUT2D eigenvalue weighted by Gasteiger charge is -2.72. The molecule has 0 bridgehead atoms. The van der Waals surface area contributed by atoms with Crippen LogP contribution in [0, 0.1) is 50.7 Å². The summed E-state index contributed by atoms with van der Waals surface area (Å²) < 4.78 is 6.02. The van der Waals surface area contributed by atoms with Crippen LogP contribution in [0.25, 0.3) is 0 Å². The zero-order valence-corrected chi connectivity index (χ0v) is 21.5. The fourth-order valence-electron chi connectivity index (χ4n) is 11.6. The smallest absolute Gasteiger partial charge is 0.136 e. The van der Waals surface area contributed by atoms with Crippen molar-refractivity contribution in [3.63, 3.8) is 0 Å². The summed E-state index contributed by atoms with van der Waals surface area (Å²) in [5.41, 5.74) is 1.56. The number of rotatable bonds is 2. The van der Waals surface area contributed by atoms with Gasteiger partial charge in [0, 0.05) is 12.5 Å². The molecule has 5 aliphatic carbocycles. The molecule has 176 valence electrons. The Kier molecular flexibility index (Phi) is 4.94. The quantitative estimate of drug-likeness (QED) is 0.456. The summed E-state index contributed by atoms with van der Waals surface area (Å²) in [6.07, 6.45) is 14.7. The zero-order chi connectivity index (χ0) is 22.4. The van der Waals surface area contributed by atoms with Crippen LogP contribution < -0.4 is 0 Å². The fraction of sp³-hybridized carbons (Fsp3) is 0.966. The van der Waals surface area contributed by atoms with E-state index in [0.717, 1.165) is 17.8 Å². The molecule has 0 amide bonds. The SMILES string of the molecule is COC1CCC2(C)C(CCC3(C)C2CCC2C4CCCC4(C(C)=O)CCC23C)C1(C)C. The predicted octanol–water partition coefficient (Wildman–Crippen LogP) is 7.45. The molecule has 2 nitrogen and oxygen atoms in total. The fourth-order valence-corrected chi connectivity index (χ4v) is 11.6. The number of carbonyl (C=O) groups excluding carboxylic acids is 1. The largest absolute Gasteiger partial charge is 0.381 e. The normalized spacial score (nSPS) is 55.5. The summed E-state index contributed by atoms with van der Waals surface area (Å²) in [5, 5.41) is 0. The van der Waals surface area contributed by atoms with E-state index in [1.807, 2.05) is 14.0 Å². The maximum Gasteiger partial charge on any atom is 0.136 e. The van der Waals surface area contributed by atoms with Crippen LogP contribution in [0.3, 0.4) is 0 Å². The van der Waals surface area contributed by atoms with E-state index in [2.05, 4.69) is 34.6 Å². The third-order valence-electron chi connectivity index (χ3n) is 13.3. The van der Waals surface area contributed by atoms with Crippen molar-refractivity contribution in [2.45, 2.75) is 118 Å². The lowest BCUT2D eigenvalue weighted by atomic mass is 9.32. The molecule has 9 unspecified atom stereocenters. The third kappa shape index (κ3) is 2.58. The van der Waals surface area contributed by atoms with Gasteiger partial charge in [0.2, 0.25) is 0 Å². The summed E-state index contributed by atoms with van der Waals surface area (Å²) in [6, 6.07) is 0. The molecular formula is C29H48O2. The topological polar surface area (TPSA) is 26.3 Å². The average molecular weight is 429 g/mol. The molecule has 0 aromatic carbocycles. The molecule has 0 saturated heterocycles. The highest BCUT2D eigenvalue weighted by Gasteiger charge is 2.70. The van der Waals surface area contributed by atoms with Crippen LogP contribution in [0.5, 0.6) is 0 Å². The highest BCUT2D eigenvalue weighted by molar-refractivity contribution is 5.83. The Morgan fingerprint density at radius 2 is 1.48 bits per heavy atom. The van der Waals surface area contributed by atoms with Gasteiger partial charge in [-0.25, -0.2) is 0 Å². The summed E-state index contributed by atoms with van der Waals surface area (Å²) in [5.74, 6) is 3.52. The molecule has 0 N–H and O–H groups in total. The Hall–Kier alpha value is -0.370. The number of hydrogen-bond donors (Lipinski definition) is 0. The molecule has 0 heterocycles. The molecular weight excluding hydrogens is 380 g/mol. The van der Waals surface area contributed by atoms with Gasteiger partial charge in [-0.1, -0.05) is 41.0 Å². The molecule has 0 radical (unpaired) electrons. The number of fused-ring (bicyclic) bond motifs is 7. The maximum absolute atomic E-state index is 12.9. The average Bonchev–Trinajstić information content (AvgIpc) is 3.14. The van der Waals surface area contributed by atoms with E-state index in [1.165, 1.54) is 70.6 Å². The Morgan fingerprint density at radius 3 is 2.16 bits per heavy atom. The Balaban J connectivity index is 1.52. The minimum Gasteiger partial charge on any atom is -0.381 e. The number of carbonyl (C=O) groups is 1. The van der Waals surface area contributed by atoms with Crippen LogP contribution in [0.15, 0.2) is 0 Å². The summed E-state index contributed by atoms with van der Waals surface area (Å²) in [4.78, 5) is 12.9. The van der Waals surface area contributed by atoms with Gasteiger partial charge in [-0.2, -0.15) is 0 Å². The molecule has 5 aliphatic rings. The third-order valence-corrected chi connectivity index (χ3v) is 13.3. The minimum atomic E-state index is 0.0347. The van der Waals surface area contributed by atoms with Gasteiger partial charge in [-0.15, -0.1) is 0 Å². The second kappa shape index (κ2) is 6.83. The first-order chi connectivity index (χ1) is 14.5. The van der Waals surface area contributed by atoms with Crippen molar-refractivity contribution in [3.8, 4) is 0 Å². The van der Waals surface area contributed by atoms with Crippen molar-refractivity contribution in [1.29, 1.82) is 0 Å². The van der Waals surface area contributed by atoms with Gasteiger partial charge >= 0.3 is 0 Å². The van der Waals surface area contributed by atoms with Gasteiger partial charge in [0.1, 0.15) is 5.78 Å². The second-order valence-corrected chi connectivity index (χ2v) is 14.0. The van der Waals surface area contributed by atoms with Gasteiger partial charge in [-0.3, -0.25) is 4.79 Å². The van der Waals surface area contributed by atoms with Crippen LogP contribution in [0.1, 0.15) is 112 Å². The molecule has 31 heavy (non-hydrogen) atoms. The Labute approximate surface area is 191 Å². The molecule has 0 spiro atoms. The Morgan fingerprint density at radius 1 is 0.742 bits per heavy atom. The predicted molar refractivity (Wildman–Crippen MR) is 127 cm³/mol. The first-order valence-electron chi connectivity index (χ1n) is 13.5. The van der Waals surface area contributed by atoms with Gasteiger partial charge in [0.05, 0.1) is 6.10 Å². The summed E-state index contributed by atoms with van der Waals surface area (Å²) in [7, 11) is 1.93. The number of hydrogen-bond acceptors (Lipinski definition) is 2. The molecule has 2 heteroatoms. The van der Waals surface area contributed by atoms with Gasteiger partial charge in [-0.05, 0) is 116 Å². The molecule has 9 atom stereocenters. The first kappa shape index (κ1) is 22.4. The first-order valence-corrected chi connectivity index (χ1v) is 13.5. The lowest BCUT2D eigenvalue weighted by molar-refractivity contribution is -0.246. The van der Waals surface area contributed by atoms with E-state index < -0.39 is 0 Å². The zero-order valence-electron chi connectivity index (χ0n) is 21.5. The van der Waals surface area contributed by atoms with Crippen LogP contribution in [-0.4, -0.2) is 19.0 Å². The van der Waals surface area contributed by atoms with Crippen LogP contribution >= 0.6 is 0 Å². The van der Waals surface area contributed by atoms with Crippen LogP contribution in [-0.2, 0) is 9.53 Å². The van der Waals surface area contributed by atoms with Gasteiger partial charge < -0.3 is 4.74 Å². The van der Waals surface area contributed by atoms with Crippen molar-refractivity contribution < 1.29 is 9.53 Å². The monoisotopic (exact) mass is 428 g/mol. The molecule has 5 saturated carbocycles. The van der Waals surface area contributed by atoms with Crippen molar-refractivity contribution in [2.75, 3.05) is 7.11 Å². The van der Waals surface area contributed by atoms with Crippen LogP contribution in [0.4, 0.5) is 0 Å². The maximum atomic E-state index is 12.9. The Bertz CT molecular complexity index is 756. The number of ether oxygens (including phenoxy) is 1. The van der Waals surface area contributed by atoms with Gasteiger partial charge in [0.15, 0.2) is 0 Å². The molecule has 5 rings (SSSR count). The molecule has 0 aliphatic heterocycles. The highest BCUT2D eigenvalue weighted by atomic mass is 16.5. The summed E-state index contributed by atoms with van der Waals surface area (Å²) in [6.45, 7) is 15.0. The molecule has 0 aromatic heterocycles. The highest BCUT2D eigenvalue weighted by Crippen LogP contribution is 2.76. The van der Waals surface area contributed by atoms with E-state index in [4.69, 9.17) is 4.74 Å². The minimum absolute atomic E-state index is 0.0347. The number of Topliss-reactive ketones (excluding diaryl/α,β-unsaturated/α-hetero) is 1. The molecule has 5 fully saturated rings. The van der Waals surface area contributed by atoms with E-state index >= 15 is 0 Å². The molecule has 0 aromatic rings. The van der Waals surface area contributed by atoms with Crippen molar-refractivity contribution >= 4 is 5.78 Å². The van der Waals surface area contributed by atoms with E-state index in [9.17, 15) is 4.79 Å². The van der Waals surface area contributed by atoms with Crippen molar-refractivity contribution in [2.24, 2.45) is 50.7 Å². The van der Waals surface area contributed by atoms with Crippen molar-refractivity contribution in [3.05, 3.63) is 0 Å². The van der Waals surface area contributed by atoms with E-state index in [-0.39, 0.29) is 10.8 Å². The van der Waals surface area contributed by atoms with Crippen LogP contribution in [0.2, 0.25) is 0 Å². The standard InChI is InChI=1S/C29H48O2/c1-19(30)29-14-8-9-21(29)20-10-11-23-26(4)15-13-24(31-7)25(2,3)22(26)12-16-28(23,6)27(20,5)17-18-29/h20-24H,8-18H2,1-7H3. The van der Waals surface area contributed by atoms with Gasteiger partial charge in [0.25, 0.3) is 0 Å². The summed E-state index contributed by atoms with van der Waals surface area (Å²) >= 11 is 0. The number of ketones is 1. The lowest BCUT2D eigenvalue weighted by Crippen LogP contribution is -2.66. The number of methoxy groups -OCH3 is 1. The second-order valence-electron chi connectivity index (χ2n) is 14.0. The van der Waals surface area contributed by atoms with E-state index in [0.29, 0.717) is 34.1 Å². The van der Waals surface area contributed by atoms with Crippen molar-refractivity contribution in [1.82, 2.24) is 0 Å².